The number of terminal acetylenes is 2. The third kappa shape index (κ3) is 1.15. The molecule has 0 aromatic carbocycles. The Balaban J connectivity index is 2.84. The smallest absolute Gasteiger partial charge is 0.0477 e. The highest BCUT2D eigenvalue weighted by atomic mass is 14.1. The highest BCUT2D eigenvalue weighted by Gasteiger charge is 2.10. The van der Waals surface area contributed by atoms with Crippen LogP contribution in [0.1, 0.15) is 11.1 Å². The van der Waals surface area contributed by atoms with E-state index in [-0.39, 0.29) is 0 Å². The summed E-state index contributed by atoms with van der Waals surface area (Å²) in [6, 6.07) is 11.9. The highest BCUT2D eigenvalue weighted by Crippen LogP contribution is 2.29. The van der Waals surface area contributed by atoms with Crippen LogP contribution in [0.15, 0.2) is 36.4 Å². The van der Waals surface area contributed by atoms with Crippen LogP contribution in [0.4, 0.5) is 0 Å². The van der Waals surface area contributed by atoms with Gasteiger partial charge in [0, 0.05) is 11.1 Å². The Morgan fingerprint density at radius 3 is 2.43 bits per heavy atom. The van der Waals surface area contributed by atoms with Gasteiger partial charge in [-0.15, -0.1) is 12.8 Å². The lowest BCUT2D eigenvalue weighted by Gasteiger charge is -1.91. The van der Waals surface area contributed by atoms with Crippen LogP contribution in [-0.4, -0.2) is 0 Å². The first-order valence-corrected chi connectivity index (χ1v) is 4.32. The van der Waals surface area contributed by atoms with Gasteiger partial charge in [-0.2, -0.15) is 0 Å². The summed E-state index contributed by atoms with van der Waals surface area (Å²) in [5.74, 6) is 5.24. The zero-order chi connectivity index (χ0) is 9.97. The molecule has 0 aromatic rings. The highest BCUT2D eigenvalue weighted by molar-refractivity contribution is 5.79. The Kier molecular flexibility index (Phi) is 1.98. The maximum Gasteiger partial charge on any atom is 0.0477 e. The molecule has 0 atom stereocenters. The third-order valence-electron chi connectivity index (χ3n) is 2.21. The minimum atomic E-state index is 0.800. The van der Waals surface area contributed by atoms with Gasteiger partial charge in [0.1, 0.15) is 0 Å². The second-order valence-electron chi connectivity index (χ2n) is 3.00. The summed E-state index contributed by atoms with van der Waals surface area (Å²) < 4.78 is 0. The van der Waals surface area contributed by atoms with Crippen LogP contribution in [0.2, 0.25) is 0 Å². The molecule has 0 N–H and O–H groups in total. The van der Waals surface area contributed by atoms with Crippen molar-refractivity contribution in [1.82, 2.24) is 0 Å². The van der Waals surface area contributed by atoms with Crippen molar-refractivity contribution in [1.29, 1.82) is 0 Å². The summed E-state index contributed by atoms with van der Waals surface area (Å²) in [7, 11) is 0. The normalized spacial score (nSPS) is 9.29. The van der Waals surface area contributed by atoms with Crippen molar-refractivity contribution in [3.8, 4) is 35.8 Å². The molecule has 0 amide bonds. The molecule has 2 aliphatic carbocycles. The first-order chi connectivity index (χ1) is 6.86. The summed E-state index contributed by atoms with van der Waals surface area (Å²) in [6.45, 7) is 0. The largest absolute Gasteiger partial charge is 0.115 e. The molecule has 0 unspecified atom stereocenters. The second-order valence-corrected chi connectivity index (χ2v) is 3.00. The molecule has 0 heteroatoms. The molecule has 0 spiro atoms. The van der Waals surface area contributed by atoms with Gasteiger partial charge in [0.05, 0.1) is 0 Å². The van der Waals surface area contributed by atoms with Crippen LogP contribution in [0, 0.1) is 24.7 Å². The molecular weight excluding hydrogens is 168 g/mol. The van der Waals surface area contributed by atoms with E-state index in [9.17, 15) is 0 Å². The van der Waals surface area contributed by atoms with Gasteiger partial charge in [-0.05, 0) is 17.2 Å². The fourth-order valence-electron chi connectivity index (χ4n) is 1.56. The summed E-state index contributed by atoms with van der Waals surface area (Å²) in [4.78, 5) is 0. The van der Waals surface area contributed by atoms with Gasteiger partial charge in [0.15, 0.2) is 0 Å². The minimum absolute atomic E-state index is 0.800. The van der Waals surface area contributed by atoms with Crippen LogP contribution in [0.5, 0.6) is 0 Å². The zero-order valence-corrected chi connectivity index (χ0v) is 7.62. The average molecular weight is 176 g/mol. The van der Waals surface area contributed by atoms with Gasteiger partial charge < -0.3 is 0 Å². The van der Waals surface area contributed by atoms with Gasteiger partial charge in [-0.25, -0.2) is 0 Å². The molecular formula is C14H8. The van der Waals surface area contributed by atoms with Crippen LogP contribution >= 0.6 is 0 Å². The van der Waals surface area contributed by atoms with Gasteiger partial charge in [-0.1, -0.05) is 42.2 Å². The number of hydrogen-bond acceptors (Lipinski definition) is 0. The molecule has 0 heterocycles. The Morgan fingerprint density at radius 2 is 1.71 bits per heavy atom. The monoisotopic (exact) mass is 176 g/mol. The molecule has 0 fully saturated rings. The summed E-state index contributed by atoms with van der Waals surface area (Å²) in [6.07, 6.45) is 10.8. The lowest BCUT2D eigenvalue weighted by Crippen LogP contribution is -1.75. The molecule has 0 aromatic heterocycles. The average Bonchev–Trinajstić information content (AvgIpc) is 2.39. The minimum Gasteiger partial charge on any atom is -0.115 e. The lowest BCUT2D eigenvalue weighted by atomic mass is 10.1. The van der Waals surface area contributed by atoms with Crippen molar-refractivity contribution in [2.45, 2.75) is 0 Å². The maximum absolute atomic E-state index is 5.43. The predicted octanol–water partition coefficient (Wildman–Crippen LogP) is 2.75. The Bertz CT molecular complexity index is 521. The predicted molar refractivity (Wildman–Crippen MR) is 58.9 cm³/mol. The first-order valence-electron chi connectivity index (χ1n) is 4.32. The molecule has 0 radical (unpaired) electrons. The molecule has 2 aliphatic rings. The molecule has 0 bridgehead atoms. The topological polar surface area (TPSA) is 0 Å². The summed E-state index contributed by atoms with van der Waals surface area (Å²) in [5.41, 5.74) is 3.76. The van der Waals surface area contributed by atoms with Crippen LogP contribution in [0.25, 0.3) is 11.1 Å². The van der Waals surface area contributed by atoms with Crippen LogP contribution < -0.4 is 0 Å². The lowest BCUT2D eigenvalue weighted by molar-refractivity contribution is 1.74. The van der Waals surface area contributed by atoms with Gasteiger partial charge in [0.25, 0.3) is 0 Å². The van der Waals surface area contributed by atoms with E-state index in [1.807, 2.05) is 36.4 Å². The molecule has 0 saturated heterocycles. The number of hydrogen-bond donors (Lipinski definition) is 0. The molecule has 0 saturated carbocycles. The Morgan fingerprint density at radius 1 is 0.929 bits per heavy atom. The van der Waals surface area contributed by atoms with Crippen molar-refractivity contribution < 1.29 is 0 Å². The number of rotatable bonds is 0. The number of fused-ring (bicyclic) bond motifs is 1. The van der Waals surface area contributed by atoms with Gasteiger partial charge in [0.2, 0.25) is 0 Å². The SMILES string of the molecule is C#Cc1cc2cccccc-2c1C#C. The fraction of sp³-hybridized carbons (Fsp3) is 0. The molecule has 0 aliphatic heterocycles. The van der Waals surface area contributed by atoms with Crippen molar-refractivity contribution in [2.75, 3.05) is 0 Å². The van der Waals surface area contributed by atoms with Gasteiger partial charge >= 0.3 is 0 Å². The fourth-order valence-corrected chi connectivity index (χ4v) is 1.56. The van der Waals surface area contributed by atoms with E-state index in [1.54, 1.807) is 0 Å². The van der Waals surface area contributed by atoms with E-state index in [1.165, 1.54) is 0 Å². The standard InChI is InChI=1S/C14H8/c1-3-11-10-12-8-6-5-7-9-14(12)13(11)4-2/h1-2,5-10H. The van der Waals surface area contributed by atoms with E-state index >= 15 is 0 Å². The van der Waals surface area contributed by atoms with E-state index in [4.69, 9.17) is 12.8 Å². The molecule has 0 nitrogen and oxygen atoms in total. The quantitative estimate of drug-likeness (QED) is 0.541. The van der Waals surface area contributed by atoms with E-state index in [2.05, 4.69) is 11.8 Å². The van der Waals surface area contributed by atoms with Crippen molar-refractivity contribution >= 4 is 0 Å². The maximum atomic E-state index is 5.43. The van der Waals surface area contributed by atoms with E-state index < -0.39 is 0 Å². The summed E-state index contributed by atoms with van der Waals surface area (Å²) >= 11 is 0. The Labute approximate surface area is 83.9 Å². The summed E-state index contributed by atoms with van der Waals surface area (Å²) in [5, 5.41) is 0. The first kappa shape index (κ1) is 8.42. The van der Waals surface area contributed by atoms with Crippen LogP contribution in [0.3, 0.4) is 0 Å². The molecule has 2 rings (SSSR count). The second kappa shape index (κ2) is 3.29. The third-order valence-corrected chi connectivity index (χ3v) is 2.21. The van der Waals surface area contributed by atoms with Crippen molar-refractivity contribution in [3.63, 3.8) is 0 Å². The van der Waals surface area contributed by atoms with Crippen molar-refractivity contribution in [2.24, 2.45) is 0 Å². The zero-order valence-electron chi connectivity index (χ0n) is 7.62. The van der Waals surface area contributed by atoms with E-state index in [0.717, 1.165) is 22.3 Å². The van der Waals surface area contributed by atoms with E-state index in [0.29, 0.717) is 0 Å². The van der Waals surface area contributed by atoms with Gasteiger partial charge in [-0.3, -0.25) is 0 Å². The van der Waals surface area contributed by atoms with Crippen LogP contribution in [-0.2, 0) is 0 Å². The molecule has 14 heavy (non-hydrogen) atoms. The molecule has 64 valence electrons. The van der Waals surface area contributed by atoms with Crippen molar-refractivity contribution in [3.05, 3.63) is 47.5 Å². The Hall–Kier alpha value is -2.18.